The molecule has 5 nitrogen and oxygen atoms in total. The molecular weight excluding hydrogens is 254 g/mol. The summed E-state index contributed by atoms with van der Waals surface area (Å²) >= 11 is 0. The molecule has 104 valence electrons. The van der Waals surface area contributed by atoms with Gasteiger partial charge in [-0.3, -0.25) is 0 Å². The first kappa shape index (κ1) is 15.0. The number of hydrogen-bond acceptors (Lipinski definition) is 4. The molecule has 1 saturated heterocycles. The van der Waals surface area contributed by atoms with Gasteiger partial charge in [0, 0.05) is 12.6 Å². The number of carbonyl (C=O) groups is 1. The number of rotatable bonds is 6. The van der Waals surface area contributed by atoms with Crippen LogP contribution in [-0.4, -0.2) is 50.1 Å². The minimum Gasteiger partial charge on any atom is -0.445 e. The van der Waals surface area contributed by atoms with Crippen LogP contribution >= 0.6 is 0 Å². The Bertz CT molecular complexity index is 391. The summed E-state index contributed by atoms with van der Waals surface area (Å²) in [5, 5.41) is 0. The zero-order chi connectivity index (χ0) is 13.6. The van der Waals surface area contributed by atoms with Gasteiger partial charge in [-0.25, -0.2) is 13.2 Å². The van der Waals surface area contributed by atoms with E-state index >= 15 is 0 Å². The molecule has 0 N–H and O–H groups in total. The Kier molecular flexibility index (Phi) is 5.65. The minimum absolute atomic E-state index is 0.0555. The van der Waals surface area contributed by atoms with Gasteiger partial charge in [0.05, 0.1) is 11.5 Å². The van der Waals surface area contributed by atoms with E-state index in [1.165, 1.54) is 6.08 Å². The van der Waals surface area contributed by atoms with Crippen LogP contribution < -0.4 is 0 Å². The van der Waals surface area contributed by atoms with Crippen LogP contribution in [0.3, 0.4) is 0 Å². The van der Waals surface area contributed by atoms with E-state index in [1.807, 2.05) is 6.92 Å². The summed E-state index contributed by atoms with van der Waals surface area (Å²) in [7, 11) is -2.99. The van der Waals surface area contributed by atoms with Crippen molar-refractivity contribution in [2.24, 2.45) is 0 Å². The zero-order valence-corrected chi connectivity index (χ0v) is 11.6. The van der Waals surface area contributed by atoms with Crippen LogP contribution in [-0.2, 0) is 14.6 Å². The second-order valence-corrected chi connectivity index (χ2v) is 6.70. The minimum atomic E-state index is -2.99. The third kappa shape index (κ3) is 4.33. The number of ether oxygens (including phenoxy) is 1. The van der Waals surface area contributed by atoms with Crippen molar-refractivity contribution in [2.45, 2.75) is 32.2 Å². The van der Waals surface area contributed by atoms with Crippen LogP contribution in [0, 0.1) is 0 Å². The highest BCUT2D eigenvalue weighted by atomic mass is 32.2. The fourth-order valence-corrected chi connectivity index (χ4v) is 3.72. The van der Waals surface area contributed by atoms with Crippen molar-refractivity contribution in [3.05, 3.63) is 12.7 Å². The van der Waals surface area contributed by atoms with E-state index in [0.29, 0.717) is 13.0 Å². The van der Waals surface area contributed by atoms with Gasteiger partial charge in [0.15, 0.2) is 9.84 Å². The van der Waals surface area contributed by atoms with Gasteiger partial charge in [0.25, 0.3) is 0 Å². The second-order valence-electron chi connectivity index (χ2n) is 4.47. The molecule has 6 heteroatoms. The fraction of sp³-hybridized carbons (Fsp3) is 0.750. The Labute approximate surface area is 109 Å². The quantitative estimate of drug-likeness (QED) is 0.691. The van der Waals surface area contributed by atoms with Gasteiger partial charge in [0.2, 0.25) is 0 Å². The lowest BCUT2D eigenvalue weighted by molar-refractivity contribution is 0.0982. The zero-order valence-electron chi connectivity index (χ0n) is 10.8. The lowest BCUT2D eigenvalue weighted by atomic mass is 10.2. The highest BCUT2D eigenvalue weighted by Gasteiger charge is 2.34. The fourth-order valence-electron chi connectivity index (χ4n) is 1.99. The third-order valence-electron chi connectivity index (χ3n) is 2.96. The molecule has 1 amide bonds. The van der Waals surface area contributed by atoms with Gasteiger partial charge in [-0.05, 0) is 12.8 Å². The Morgan fingerprint density at radius 2 is 2.28 bits per heavy atom. The number of carbonyl (C=O) groups excluding carboxylic acids is 1. The molecule has 1 rings (SSSR count). The molecule has 0 radical (unpaired) electrons. The normalized spacial score (nSPS) is 21.5. The smallest absolute Gasteiger partial charge is 0.410 e. The molecule has 1 unspecified atom stereocenters. The molecule has 1 heterocycles. The van der Waals surface area contributed by atoms with Crippen LogP contribution in [0.5, 0.6) is 0 Å². The molecule has 0 aromatic heterocycles. The van der Waals surface area contributed by atoms with Crippen molar-refractivity contribution in [2.75, 3.05) is 24.7 Å². The van der Waals surface area contributed by atoms with Crippen molar-refractivity contribution in [3.8, 4) is 0 Å². The molecular formula is C12H21NO4S. The summed E-state index contributed by atoms with van der Waals surface area (Å²) in [4.78, 5) is 13.4. The number of amides is 1. The molecule has 1 aliphatic heterocycles. The van der Waals surface area contributed by atoms with E-state index in [2.05, 4.69) is 6.58 Å². The first-order chi connectivity index (χ1) is 8.50. The molecule has 0 bridgehead atoms. The van der Waals surface area contributed by atoms with Crippen LogP contribution in [0.1, 0.15) is 26.2 Å². The highest BCUT2D eigenvalue weighted by Crippen LogP contribution is 2.19. The van der Waals surface area contributed by atoms with Crippen LogP contribution in [0.2, 0.25) is 0 Å². The number of unbranched alkanes of at least 4 members (excludes halogenated alkanes) is 1. The summed E-state index contributed by atoms with van der Waals surface area (Å²) in [6.07, 6.45) is 3.37. The maximum atomic E-state index is 11.9. The van der Waals surface area contributed by atoms with Gasteiger partial charge in [-0.1, -0.05) is 26.0 Å². The van der Waals surface area contributed by atoms with E-state index < -0.39 is 15.9 Å². The molecule has 1 fully saturated rings. The van der Waals surface area contributed by atoms with Crippen molar-refractivity contribution in [1.29, 1.82) is 0 Å². The van der Waals surface area contributed by atoms with E-state index in [-0.39, 0.29) is 24.2 Å². The van der Waals surface area contributed by atoms with Gasteiger partial charge < -0.3 is 9.64 Å². The largest absolute Gasteiger partial charge is 0.445 e. The van der Waals surface area contributed by atoms with Crippen molar-refractivity contribution in [3.63, 3.8) is 0 Å². The standard InChI is InChI=1S/C12H21NO4S/c1-3-5-7-13(12(14)17-8-4-2)11-6-9-18(15,16)10-11/h4,11H,2-3,5-10H2,1H3. The topological polar surface area (TPSA) is 63.7 Å². The monoisotopic (exact) mass is 275 g/mol. The lowest BCUT2D eigenvalue weighted by Crippen LogP contribution is -2.42. The number of nitrogens with zero attached hydrogens (tertiary/aromatic N) is 1. The third-order valence-corrected chi connectivity index (χ3v) is 4.71. The maximum absolute atomic E-state index is 11.9. The van der Waals surface area contributed by atoms with Crippen molar-refractivity contribution < 1.29 is 17.9 Å². The number of hydrogen-bond donors (Lipinski definition) is 0. The van der Waals surface area contributed by atoms with E-state index in [4.69, 9.17) is 4.74 Å². The Balaban J connectivity index is 2.65. The SMILES string of the molecule is C=CCOC(=O)N(CCCC)C1CCS(=O)(=O)C1. The van der Waals surface area contributed by atoms with E-state index in [0.717, 1.165) is 12.8 Å². The molecule has 1 atom stereocenters. The Morgan fingerprint density at radius 1 is 1.56 bits per heavy atom. The Hall–Kier alpha value is -1.04. The predicted molar refractivity (Wildman–Crippen MR) is 70.2 cm³/mol. The summed E-state index contributed by atoms with van der Waals surface area (Å²) in [5.41, 5.74) is 0. The van der Waals surface area contributed by atoms with Crippen LogP contribution in [0.25, 0.3) is 0 Å². The van der Waals surface area contributed by atoms with Crippen LogP contribution in [0.4, 0.5) is 4.79 Å². The van der Waals surface area contributed by atoms with Crippen molar-refractivity contribution in [1.82, 2.24) is 4.90 Å². The van der Waals surface area contributed by atoms with Crippen molar-refractivity contribution >= 4 is 15.9 Å². The molecule has 1 aliphatic rings. The molecule has 0 aromatic rings. The summed E-state index contributed by atoms with van der Waals surface area (Å²) < 4.78 is 27.9. The average molecular weight is 275 g/mol. The Morgan fingerprint density at radius 3 is 2.78 bits per heavy atom. The van der Waals surface area contributed by atoms with Crippen LogP contribution in [0.15, 0.2) is 12.7 Å². The molecule has 0 spiro atoms. The van der Waals surface area contributed by atoms with Gasteiger partial charge in [-0.2, -0.15) is 0 Å². The van der Waals surface area contributed by atoms with E-state index in [9.17, 15) is 13.2 Å². The lowest BCUT2D eigenvalue weighted by Gasteiger charge is -2.27. The molecule has 0 aliphatic carbocycles. The van der Waals surface area contributed by atoms with E-state index in [1.54, 1.807) is 4.90 Å². The molecule has 0 saturated carbocycles. The van der Waals surface area contributed by atoms with Gasteiger partial charge >= 0.3 is 6.09 Å². The first-order valence-corrected chi connectivity index (χ1v) is 8.07. The van der Waals surface area contributed by atoms with Gasteiger partial charge in [0.1, 0.15) is 6.61 Å². The maximum Gasteiger partial charge on any atom is 0.410 e. The van der Waals surface area contributed by atoms with Gasteiger partial charge in [-0.15, -0.1) is 0 Å². The first-order valence-electron chi connectivity index (χ1n) is 6.25. The molecule has 0 aromatic carbocycles. The molecule has 18 heavy (non-hydrogen) atoms. The average Bonchev–Trinajstić information content (AvgIpc) is 2.67. The summed E-state index contributed by atoms with van der Waals surface area (Å²) in [5.74, 6) is 0.217. The summed E-state index contributed by atoms with van der Waals surface area (Å²) in [6.45, 7) is 6.21. The number of sulfone groups is 1. The summed E-state index contributed by atoms with van der Waals surface area (Å²) in [6, 6.07) is -0.237. The predicted octanol–water partition coefficient (Wildman–Crippen LogP) is 1.60. The second kappa shape index (κ2) is 6.78. The highest BCUT2D eigenvalue weighted by molar-refractivity contribution is 7.91.